The highest BCUT2D eigenvalue weighted by atomic mass is 35.5. The molecule has 0 spiro atoms. The van der Waals surface area contributed by atoms with Gasteiger partial charge in [-0.15, -0.1) is 12.4 Å². The summed E-state index contributed by atoms with van der Waals surface area (Å²) in [5.74, 6) is 0.560. The minimum Gasteiger partial charge on any atom is -0.481 e. The molecular formula is C16H27ClN2O2. The predicted molar refractivity (Wildman–Crippen MR) is 89.1 cm³/mol. The number of nitrogens with two attached hydrogens (primary N) is 1. The number of rotatable bonds is 5. The van der Waals surface area contributed by atoms with Crippen LogP contribution >= 0.6 is 12.4 Å². The van der Waals surface area contributed by atoms with Crippen LogP contribution in [-0.4, -0.2) is 24.6 Å². The van der Waals surface area contributed by atoms with Crippen LogP contribution < -0.4 is 15.8 Å². The average molecular weight is 315 g/mol. The highest BCUT2D eigenvalue weighted by Crippen LogP contribution is 2.26. The van der Waals surface area contributed by atoms with Crippen molar-refractivity contribution in [3.8, 4) is 5.75 Å². The molecule has 0 aromatic heterocycles. The summed E-state index contributed by atoms with van der Waals surface area (Å²) in [5, 5.41) is 2.81. The molecular weight excluding hydrogens is 288 g/mol. The molecule has 0 saturated heterocycles. The number of amides is 1. The van der Waals surface area contributed by atoms with Crippen molar-refractivity contribution < 1.29 is 9.53 Å². The van der Waals surface area contributed by atoms with E-state index in [0.29, 0.717) is 12.3 Å². The summed E-state index contributed by atoms with van der Waals surface area (Å²) < 4.78 is 5.70. The van der Waals surface area contributed by atoms with Crippen molar-refractivity contribution in [3.05, 3.63) is 29.8 Å². The molecule has 1 aromatic rings. The van der Waals surface area contributed by atoms with Gasteiger partial charge in [0.1, 0.15) is 5.75 Å². The van der Waals surface area contributed by atoms with E-state index in [1.807, 2.05) is 25.1 Å². The van der Waals surface area contributed by atoms with Crippen molar-refractivity contribution >= 4 is 18.3 Å². The molecule has 1 rings (SSSR count). The maximum atomic E-state index is 11.9. The average Bonchev–Trinajstić information content (AvgIpc) is 2.37. The van der Waals surface area contributed by atoms with Crippen LogP contribution in [0.15, 0.2) is 24.3 Å². The molecule has 3 N–H and O–H groups in total. The molecule has 0 aliphatic rings. The molecule has 0 heterocycles. The van der Waals surface area contributed by atoms with Crippen LogP contribution in [0.3, 0.4) is 0 Å². The number of ether oxygens (including phenoxy) is 1. The molecule has 0 aliphatic heterocycles. The molecule has 0 bridgehead atoms. The van der Waals surface area contributed by atoms with E-state index in [1.54, 1.807) is 6.92 Å². The lowest BCUT2D eigenvalue weighted by molar-refractivity contribution is -0.127. The first-order chi connectivity index (χ1) is 9.24. The van der Waals surface area contributed by atoms with Crippen LogP contribution in [0.2, 0.25) is 0 Å². The third-order valence-corrected chi connectivity index (χ3v) is 3.12. The number of halogens is 1. The summed E-state index contributed by atoms with van der Waals surface area (Å²) in [6, 6.07) is 7.81. The SMILES string of the molecule is CC(Oc1cccc(C(C)(C)C)c1)C(=O)N[C@@H](C)CN.Cl. The highest BCUT2D eigenvalue weighted by Gasteiger charge is 2.18. The van der Waals surface area contributed by atoms with E-state index in [2.05, 4.69) is 32.2 Å². The zero-order valence-corrected chi connectivity index (χ0v) is 14.3. The molecule has 0 saturated carbocycles. The number of carbonyl (C=O) groups is 1. The van der Waals surface area contributed by atoms with Gasteiger partial charge >= 0.3 is 0 Å². The van der Waals surface area contributed by atoms with Gasteiger partial charge in [0, 0.05) is 12.6 Å². The fourth-order valence-electron chi connectivity index (χ4n) is 1.71. The number of benzene rings is 1. The molecule has 0 aliphatic carbocycles. The van der Waals surface area contributed by atoms with Gasteiger partial charge in [-0.2, -0.15) is 0 Å². The van der Waals surface area contributed by atoms with Gasteiger partial charge < -0.3 is 15.8 Å². The fraction of sp³-hybridized carbons (Fsp3) is 0.562. The minimum atomic E-state index is -0.542. The molecule has 5 heteroatoms. The standard InChI is InChI=1S/C16H26N2O2.ClH/c1-11(10-17)18-15(19)12(2)20-14-8-6-7-13(9-14)16(3,4)5;/h6-9,11-12H,10,17H2,1-5H3,(H,18,19);1H/t11-,12?;/m0./s1. The largest absolute Gasteiger partial charge is 0.481 e. The van der Waals surface area contributed by atoms with Gasteiger partial charge in [-0.3, -0.25) is 4.79 Å². The van der Waals surface area contributed by atoms with E-state index < -0.39 is 6.10 Å². The van der Waals surface area contributed by atoms with E-state index in [4.69, 9.17) is 10.5 Å². The van der Waals surface area contributed by atoms with Crippen LogP contribution in [0.25, 0.3) is 0 Å². The lowest BCUT2D eigenvalue weighted by atomic mass is 9.87. The number of nitrogens with one attached hydrogen (secondary N) is 1. The number of hydrogen-bond acceptors (Lipinski definition) is 3. The summed E-state index contributed by atoms with van der Waals surface area (Å²) in [6.45, 7) is 10.5. The van der Waals surface area contributed by atoms with Crippen LogP contribution in [0.4, 0.5) is 0 Å². The van der Waals surface area contributed by atoms with Gasteiger partial charge in [-0.25, -0.2) is 0 Å². The Morgan fingerprint density at radius 1 is 1.33 bits per heavy atom. The Labute approximate surface area is 133 Å². The van der Waals surface area contributed by atoms with E-state index in [1.165, 1.54) is 5.56 Å². The molecule has 2 atom stereocenters. The second-order valence-electron chi connectivity index (χ2n) is 6.18. The molecule has 4 nitrogen and oxygen atoms in total. The van der Waals surface area contributed by atoms with Crippen molar-refractivity contribution in [2.24, 2.45) is 5.73 Å². The normalized spacial score (nSPS) is 13.8. The Hall–Kier alpha value is -1.26. The molecule has 0 fully saturated rings. The van der Waals surface area contributed by atoms with E-state index in [9.17, 15) is 4.79 Å². The van der Waals surface area contributed by atoms with Crippen LogP contribution in [-0.2, 0) is 10.2 Å². The molecule has 21 heavy (non-hydrogen) atoms. The Kier molecular flexibility index (Phi) is 7.75. The first kappa shape index (κ1) is 19.7. The van der Waals surface area contributed by atoms with E-state index >= 15 is 0 Å². The minimum absolute atomic E-state index is 0. The first-order valence-electron chi connectivity index (χ1n) is 7.01. The molecule has 1 amide bonds. The number of hydrogen-bond donors (Lipinski definition) is 2. The summed E-state index contributed by atoms with van der Waals surface area (Å²) in [6.07, 6.45) is -0.542. The molecule has 120 valence electrons. The Morgan fingerprint density at radius 2 is 1.95 bits per heavy atom. The second kappa shape index (κ2) is 8.25. The second-order valence-corrected chi connectivity index (χ2v) is 6.18. The topological polar surface area (TPSA) is 64.3 Å². The lowest BCUT2D eigenvalue weighted by Crippen LogP contribution is -2.44. The summed E-state index contributed by atoms with van der Waals surface area (Å²) in [7, 11) is 0. The van der Waals surface area contributed by atoms with Gasteiger partial charge in [0.15, 0.2) is 6.10 Å². The maximum Gasteiger partial charge on any atom is 0.261 e. The van der Waals surface area contributed by atoms with E-state index in [0.717, 1.165) is 0 Å². The highest BCUT2D eigenvalue weighted by molar-refractivity contribution is 5.85. The van der Waals surface area contributed by atoms with Crippen LogP contribution in [0.1, 0.15) is 40.2 Å². The summed E-state index contributed by atoms with van der Waals surface area (Å²) in [4.78, 5) is 11.9. The summed E-state index contributed by atoms with van der Waals surface area (Å²) >= 11 is 0. The third kappa shape index (κ3) is 6.36. The van der Waals surface area contributed by atoms with Crippen LogP contribution in [0.5, 0.6) is 5.75 Å². The first-order valence-corrected chi connectivity index (χ1v) is 7.01. The Bertz CT molecular complexity index is 458. The van der Waals surface area contributed by atoms with Gasteiger partial charge in [0.25, 0.3) is 5.91 Å². The molecule has 1 aromatic carbocycles. The molecule has 0 radical (unpaired) electrons. The third-order valence-electron chi connectivity index (χ3n) is 3.12. The van der Waals surface area contributed by atoms with Gasteiger partial charge in [0.05, 0.1) is 0 Å². The number of carbonyl (C=O) groups excluding carboxylic acids is 1. The van der Waals surface area contributed by atoms with Crippen molar-refractivity contribution in [2.45, 2.75) is 52.2 Å². The lowest BCUT2D eigenvalue weighted by Gasteiger charge is -2.21. The summed E-state index contributed by atoms with van der Waals surface area (Å²) in [5.41, 5.74) is 6.72. The van der Waals surface area contributed by atoms with Crippen molar-refractivity contribution in [2.75, 3.05) is 6.54 Å². The van der Waals surface area contributed by atoms with Gasteiger partial charge in [0.2, 0.25) is 0 Å². The Morgan fingerprint density at radius 3 is 2.48 bits per heavy atom. The quantitative estimate of drug-likeness (QED) is 0.878. The van der Waals surface area contributed by atoms with Crippen LogP contribution in [0, 0.1) is 0 Å². The maximum absolute atomic E-state index is 11.9. The predicted octanol–water partition coefficient (Wildman–Crippen LogP) is 2.64. The zero-order chi connectivity index (χ0) is 15.3. The van der Waals surface area contributed by atoms with Gasteiger partial charge in [-0.1, -0.05) is 32.9 Å². The Balaban J connectivity index is 0.00000400. The van der Waals surface area contributed by atoms with Crippen molar-refractivity contribution in [1.82, 2.24) is 5.32 Å². The van der Waals surface area contributed by atoms with Gasteiger partial charge in [-0.05, 0) is 37.0 Å². The fourth-order valence-corrected chi connectivity index (χ4v) is 1.71. The zero-order valence-electron chi connectivity index (χ0n) is 13.5. The molecule has 1 unspecified atom stereocenters. The van der Waals surface area contributed by atoms with Crippen molar-refractivity contribution in [3.63, 3.8) is 0 Å². The smallest absolute Gasteiger partial charge is 0.261 e. The van der Waals surface area contributed by atoms with Crippen molar-refractivity contribution in [1.29, 1.82) is 0 Å². The van der Waals surface area contributed by atoms with E-state index in [-0.39, 0.29) is 29.8 Å². The monoisotopic (exact) mass is 314 g/mol.